The Labute approximate surface area is 252 Å². The summed E-state index contributed by atoms with van der Waals surface area (Å²) in [4.78, 5) is 0. The Kier molecular flexibility index (Phi) is 10.2. The van der Waals surface area contributed by atoms with Gasteiger partial charge in [0.15, 0.2) is 0 Å². The maximum Gasteiger partial charge on any atom is 0.135 e. The zero-order valence-electron chi connectivity index (χ0n) is 21.9. The molecule has 6 aromatic rings. The molecular weight excluding hydrogens is 487 g/mol. The third kappa shape index (κ3) is 7.28. The van der Waals surface area contributed by atoms with Crippen molar-refractivity contribution in [2.45, 2.75) is 0 Å². The van der Waals surface area contributed by atoms with Crippen molar-refractivity contribution in [3.8, 4) is 50.6 Å². The van der Waals surface area contributed by atoms with Crippen LogP contribution in [0.2, 0.25) is 0 Å². The smallest absolute Gasteiger partial charge is 0.135 e. The SMILES string of the molecule is Oc1ccccc1-c1ccccc1.[Na].c1ccc(-c2ccccc2Oc2ccccc2-c2ccccc2)cc1. The Morgan fingerprint density at radius 2 is 0.641 bits per heavy atom. The quantitative estimate of drug-likeness (QED) is 0.232. The van der Waals surface area contributed by atoms with Crippen molar-refractivity contribution >= 4 is 29.6 Å². The van der Waals surface area contributed by atoms with Crippen LogP contribution in [0.5, 0.6) is 17.2 Å². The number of hydrogen-bond donors (Lipinski definition) is 1. The van der Waals surface area contributed by atoms with E-state index in [9.17, 15) is 5.11 Å². The molecule has 39 heavy (non-hydrogen) atoms. The summed E-state index contributed by atoms with van der Waals surface area (Å²) < 4.78 is 6.35. The molecule has 0 saturated carbocycles. The summed E-state index contributed by atoms with van der Waals surface area (Å²) in [5.41, 5.74) is 6.39. The predicted octanol–water partition coefficient (Wildman–Crippen LogP) is 9.49. The molecule has 0 saturated heterocycles. The molecule has 0 aromatic heterocycles. The summed E-state index contributed by atoms with van der Waals surface area (Å²) in [6, 6.07) is 54.1. The molecule has 0 heterocycles. The summed E-state index contributed by atoms with van der Waals surface area (Å²) in [5.74, 6) is 2.04. The van der Waals surface area contributed by atoms with Crippen molar-refractivity contribution in [3.05, 3.63) is 164 Å². The second kappa shape index (κ2) is 14.2. The van der Waals surface area contributed by atoms with Crippen LogP contribution in [0.15, 0.2) is 164 Å². The first kappa shape index (κ1) is 27.9. The maximum absolute atomic E-state index is 9.56. The molecule has 0 spiro atoms. The van der Waals surface area contributed by atoms with Crippen LogP contribution in [0.3, 0.4) is 0 Å². The minimum Gasteiger partial charge on any atom is -0.507 e. The molecule has 2 nitrogen and oxygen atoms in total. The first-order valence-electron chi connectivity index (χ1n) is 12.6. The second-order valence-corrected chi connectivity index (χ2v) is 8.71. The van der Waals surface area contributed by atoms with Gasteiger partial charge in [0, 0.05) is 46.2 Å². The second-order valence-electron chi connectivity index (χ2n) is 8.71. The van der Waals surface area contributed by atoms with Gasteiger partial charge in [-0.15, -0.1) is 0 Å². The number of aromatic hydroxyl groups is 1. The van der Waals surface area contributed by atoms with Crippen LogP contribution < -0.4 is 4.74 Å². The van der Waals surface area contributed by atoms with E-state index in [0.29, 0.717) is 5.75 Å². The molecule has 0 amide bonds. The van der Waals surface area contributed by atoms with Crippen molar-refractivity contribution in [2.75, 3.05) is 0 Å². The monoisotopic (exact) mass is 515 g/mol. The number of rotatable bonds is 5. The fraction of sp³-hybridized carbons (Fsp3) is 0. The van der Waals surface area contributed by atoms with E-state index in [2.05, 4.69) is 36.4 Å². The van der Waals surface area contributed by atoms with Crippen LogP contribution in [0.4, 0.5) is 0 Å². The Balaban J connectivity index is 0.000000213. The van der Waals surface area contributed by atoms with E-state index < -0.39 is 0 Å². The third-order valence-corrected chi connectivity index (χ3v) is 6.15. The van der Waals surface area contributed by atoms with Gasteiger partial charge in [0.25, 0.3) is 0 Å². The Hall–Kier alpha value is -4.08. The minimum absolute atomic E-state index is 0. The van der Waals surface area contributed by atoms with Gasteiger partial charge in [-0.05, 0) is 34.9 Å². The Morgan fingerprint density at radius 3 is 1.05 bits per heavy atom. The van der Waals surface area contributed by atoms with Crippen LogP contribution in [-0.4, -0.2) is 34.7 Å². The van der Waals surface area contributed by atoms with Crippen LogP contribution >= 0.6 is 0 Å². The van der Waals surface area contributed by atoms with Gasteiger partial charge in [0.2, 0.25) is 0 Å². The van der Waals surface area contributed by atoms with Crippen LogP contribution in [-0.2, 0) is 0 Å². The normalized spacial score (nSPS) is 9.95. The molecule has 0 aliphatic carbocycles. The molecule has 0 aliphatic rings. The number of ether oxygens (including phenoxy) is 1. The topological polar surface area (TPSA) is 29.5 Å². The van der Waals surface area contributed by atoms with E-state index in [1.54, 1.807) is 6.07 Å². The van der Waals surface area contributed by atoms with Crippen molar-refractivity contribution in [1.29, 1.82) is 0 Å². The molecule has 1 N–H and O–H groups in total. The fourth-order valence-electron chi connectivity index (χ4n) is 4.28. The van der Waals surface area contributed by atoms with Crippen LogP contribution in [0.25, 0.3) is 33.4 Å². The summed E-state index contributed by atoms with van der Waals surface area (Å²) in [6.45, 7) is 0. The molecule has 1 radical (unpaired) electrons. The predicted molar refractivity (Wildman–Crippen MR) is 163 cm³/mol. The Morgan fingerprint density at radius 1 is 0.333 bits per heavy atom. The largest absolute Gasteiger partial charge is 0.507 e. The van der Waals surface area contributed by atoms with E-state index in [0.717, 1.165) is 44.9 Å². The third-order valence-electron chi connectivity index (χ3n) is 6.15. The van der Waals surface area contributed by atoms with Gasteiger partial charge in [-0.2, -0.15) is 0 Å². The zero-order chi connectivity index (χ0) is 26.0. The van der Waals surface area contributed by atoms with E-state index in [4.69, 9.17) is 4.74 Å². The first-order valence-corrected chi connectivity index (χ1v) is 12.6. The number of phenols is 1. The van der Waals surface area contributed by atoms with Crippen molar-refractivity contribution < 1.29 is 9.84 Å². The maximum atomic E-state index is 9.56. The number of phenolic OH excluding ortho intramolecular Hbond substituents is 1. The van der Waals surface area contributed by atoms with Gasteiger partial charge >= 0.3 is 0 Å². The van der Waals surface area contributed by atoms with E-state index in [1.807, 2.05) is 121 Å². The molecule has 0 bridgehead atoms. The standard InChI is InChI=1S/C24H18O.C12H10O.Na/c1-3-11-19(12-4-1)21-15-7-9-17-23(21)25-24-18-10-8-16-22(24)20-13-5-2-6-14-20;13-12-9-5-4-8-11(12)10-6-2-1-3-7-10;/h1-18H;1-9,13H;. The van der Waals surface area contributed by atoms with E-state index >= 15 is 0 Å². The number of benzene rings is 6. The molecule has 0 aliphatic heterocycles. The van der Waals surface area contributed by atoms with Crippen molar-refractivity contribution in [2.24, 2.45) is 0 Å². The molecule has 6 aromatic carbocycles. The average Bonchev–Trinajstić information content (AvgIpc) is 3.00. The molecule has 3 heteroatoms. The summed E-state index contributed by atoms with van der Waals surface area (Å²) >= 11 is 0. The van der Waals surface area contributed by atoms with Gasteiger partial charge in [0.05, 0.1) is 0 Å². The van der Waals surface area contributed by atoms with Crippen LogP contribution in [0.1, 0.15) is 0 Å². The molecule has 0 atom stereocenters. The van der Waals surface area contributed by atoms with E-state index in [1.165, 1.54) is 0 Å². The van der Waals surface area contributed by atoms with Crippen LogP contribution in [0, 0.1) is 0 Å². The molecule has 0 unspecified atom stereocenters. The average molecular weight is 516 g/mol. The van der Waals surface area contributed by atoms with Gasteiger partial charge in [0.1, 0.15) is 17.2 Å². The number of hydrogen-bond acceptors (Lipinski definition) is 2. The van der Waals surface area contributed by atoms with Crippen molar-refractivity contribution in [1.82, 2.24) is 0 Å². The summed E-state index contributed by atoms with van der Waals surface area (Å²) in [5, 5.41) is 9.56. The fourth-order valence-corrected chi connectivity index (χ4v) is 4.28. The first-order chi connectivity index (χ1) is 18.8. The molecule has 6 rings (SSSR count). The molecule has 185 valence electrons. The van der Waals surface area contributed by atoms with Gasteiger partial charge in [-0.25, -0.2) is 0 Å². The van der Waals surface area contributed by atoms with Gasteiger partial charge < -0.3 is 9.84 Å². The minimum atomic E-state index is 0. The molecule has 0 fully saturated rings. The summed E-state index contributed by atoms with van der Waals surface area (Å²) in [6.07, 6.45) is 0. The Bertz CT molecular complexity index is 1500. The van der Waals surface area contributed by atoms with Gasteiger partial charge in [-0.1, -0.05) is 146 Å². The molecular formula is C36H28NaO2. The van der Waals surface area contributed by atoms with E-state index in [-0.39, 0.29) is 29.6 Å². The van der Waals surface area contributed by atoms with Crippen molar-refractivity contribution in [3.63, 3.8) is 0 Å². The summed E-state index contributed by atoms with van der Waals surface area (Å²) in [7, 11) is 0. The van der Waals surface area contributed by atoms with Gasteiger partial charge in [-0.3, -0.25) is 0 Å². The number of para-hydroxylation sites is 3. The zero-order valence-corrected chi connectivity index (χ0v) is 23.9.